The molecule has 2 nitrogen and oxygen atoms in total. The summed E-state index contributed by atoms with van der Waals surface area (Å²) in [5.41, 5.74) is 3.75. The van der Waals surface area contributed by atoms with Crippen LogP contribution in [0.15, 0.2) is 24.3 Å². The van der Waals surface area contributed by atoms with E-state index >= 15 is 0 Å². The smallest absolute Gasteiger partial charge is 0.0934 e. The monoisotopic (exact) mass is 261 g/mol. The van der Waals surface area contributed by atoms with E-state index in [0.717, 1.165) is 25.0 Å². The van der Waals surface area contributed by atoms with Crippen molar-refractivity contribution in [3.05, 3.63) is 51.0 Å². The molecular weight excluding hydrogens is 242 g/mol. The first-order chi connectivity index (χ1) is 8.69. The maximum absolute atomic E-state index is 8.97. The van der Waals surface area contributed by atoms with E-state index in [4.69, 9.17) is 5.11 Å². The van der Waals surface area contributed by atoms with E-state index in [-0.39, 0.29) is 6.61 Å². The molecule has 96 valence electrons. The standard InChI is InChI=1S/C15H19NOS/c1-11-4-3-5-13(10-11)6-7-15-16-12(2)14(18-15)8-9-17/h3-5,10,17H,6-9H2,1-2H3. The van der Waals surface area contributed by atoms with Crippen LogP contribution in [-0.2, 0) is 19.3 Å². The first-order valence-corrected chi connectivity index (χ1v) is 7.12. The molecule has 0 bridgehead atoms. The van der Waals surface area contributed by atoms with E-state index < -0.39 is 0 Å². The van der Waals surface area contributed by atoms with Gasteiger partial charge in [0, 0.05) is 24.3 Å². The van der Waals surface area contributed by atoms with Gasteiger partial charge in [-0.1, -0.05) is 29.8 Å². The van der Waals surface area contributed by atoms with Crippen molar-refractivity contribution < 1.29 is 5.11 Å². The number of benzene rings is 1. The highest BCUT2D eigenvalue weighted by Crippen LogP contribution is 2.20. The Balaban J connectivity index is 2.00. The summed E-state index contributed by atoms with van der Waals surface area (Å²) in [7, 11) is 0. The molecule has 1 N–H and O–H groups in total. The van der Waals surface area contributed by atoms with Gasteiger partial charge in [0.25, 0.3) is 0 Å². The Labute approximate surface area is 112 Å². The molecule has 0 spiro atoms. The van der Waals surface area contributed by atoms with Gasteiger partial charge < -0.3 is 5.11 Å². The first-order valence-electron chi connectivity index (χ1n) is 6.30. The van der Waals surface area contributed by atoms with Gasteiger partial charge in [0.15, 0.2) is 0 Å². The van der Waals surface area contributed by atoms with Crippen LogP contribution in [-0.4, -0.2) is 16.7 Å². The SMILES string of the molecule is Cc1cccc(CCc2nc(C)c(CCO)s2)c1. The number of thiazole rings is 1. The summed E-state index contributed by atoms with van der Waals surface area (Å²) in [5.74, 6) is 0. The van der Waals surface area contributed by atoms with Crippen LogP contribution in [0.1, 0.15) is 26.7 Å². The van der Waals surface area contributed by atoms with Crippen molar-refractivity contribution in [2.24, 2.45) is 0 Å². The van der Waals surface area contributed by atoms with Crippen LogP contribution in [0.5, 0.6) is 0 Å². The van der Waals surface area contributed by atoms with E-state index in [0.29, 0.717) is 0 Å². The van der Waals surface area contributed by atoms with Crippen molar-refractivity contribution in [3.63, 3.8) is 0 Å². The molecule has 0 aliphatic carbocycles. The van der Waals surface area contributed by atoms with Crippen molar-refractivity contribution in [3.8, 4) is 0 Å². The van der Waals surface area contributed by atoms with Crippen LogP contribution >= 0.6 is 11.3 Å². The van der Waals surface area contributed by atoms with E-state index in [1.54, 1.807) is 11.3 Å². The second-order valence-electron chi connectivity index (χ2n) is 4.58. The fourth-order valence-corrected chi connectivity index (χ4v) is 3.11. The lowest BCUT2D eigenvalue weighted by Crippen LogP contribution is -1.91. The number of rotatable bonds is 5. The molecule has 0 atom stereocenters. The molecule has 0 radical (unpaired) electrons. The molecule has 0 unspecified atom stereocenters. The van der Waals surface area contributed by atoms with E-state index in [9.17, 15) is 0 Å². The minimum Gasteiger partial charge on any atom is -0.396 e. The normalized spacial score (nSPS) is 10.8. The maximum atomic E-state index is 8.97. The minimum atomic E-state index is 0.209. The second-order valence-corrected chi connectivity index (χ2v) is 5.75. The summed E-state index contributed by atoms with van der Waals surface area (Å²) in [4.78, 5) is 5.79. The number of hydrogen-bond donors (Lipinski definition) is 1. The van der Waals surface area contributed by atoms with Gasteiger partial charge in [-0.25, -0.2) is 4.98 Å². The third kappa shape index (κ3) is 3.40. The van der Waals surface area contributed by atoms with Crippen LogP contribution in [0.25, 0.3) is 0 Å². The van der Waals surface area contributed by atoms with Gasteiger partial charge in [-0.05, 0) is 25.8 Å². The zero-order valence-electron chi connectivity index (χ0n) is 10.9. The summed E-state index contributed by atoms with van der Waals surface area (Å²) < 4.78 is 0. The lowest BCUT2D eigenvalue weighted by Gasteiger charge is -2.00. The number of hydrogen-bond acceptors (Lipinski definition) is 3. The van der Waals surface area contributed by atoms with Gasteiger partial charge >= 0.3 is 0 Å². The molecule has 1 heterocycles. The molecule has 0 fully saturated rings. The molecule has 18 heavy (non-hydrogen) atoms. The van der Waals surface area contributed by atoms with E-state index in [2.05, 4.69) is 36.2 Å². The molecule has 2 rings (SSSR count). The Morgan fingerprint density at radius 1 is 1.17 bits per heavy atom. The van der Waals surface area contributed by atoms with Crippen LogP contribution < -0.4 is 0 Å². The molecule has 0 amide bonds. The number of aromatic nitrogens is 1. The highest BCUT2D eigenvalue weighted by atomic mass is 32.1. The summed E-state index contributed by atoms with van der Waals surface area (Å²) in [6.07, 6.45) is 2.75. The third-order valence-electron chi connectivity index (χ3n) is 2.99. The second kappa shape index (κ2) is 6.12. The zero-order valence-corrected chi connectivity index (χ0v) is 11.8. The maximum Gasteiger partial charge on any atom is 0.0934 e. The predicted molar refractivity (Wildman–Crippen MR) is 76.2 cm³/mol. The molecular formula is C15H19NOS. The Bertz CT molecular complexity index is 519. The largest absolute Gasteiger partial charge is 0.396 e. The summed E-state index contributed by atoms with van der Waals surface area (Å²) in [5, 5.41) is 10.1. The Morgan fingerprint density at radius 2 is 2.00 bits per heavy atom. The van der Waals surface area contributed by atoms with Gasteiger partial charge in [0.2, 0.25) is 0 Å². The number of aliphatic hydroxyl groups excluding tert-OH is 1. The molecule has 0 aliphatic heterocycles. The highest BCUT2D eigenvalue weighted by Gasteiger charge is 2.07. The Morgan fingerprint density at radius 3 is 2.72 bits per heavy atom. The van der Waals surface area contributed by atoms with Gasteiger partial charge in [-0.3, -0.25) is 0 Å². The summed E-state index contributed by atoms with van der Waals surface area (Å²) >= 11 is 1.74. The molecule has 1 aromatic carbocycles. The summed E-state index contributed by atoms with van der Waals surface area (Å²) in [6, 6.07) is 8.63. The van der Waals surface area contributed by atoms with Crippen LogP contribution in [0.3, 0.4) is 0 Å². The number of aliphatic hydroxyl groups is 1. The van der Waals surface area contributed by atoms with E-state index in [1.807, 2.05) is 6.92 Å². The van der Waals surface area contributed by atoms with Crippen molar-refractivity contribution in [2.75, 3.05) is 6.61 Å². The highest BCUT2D eigenvalue weighted by molar-refractivity contribution is 7.11. The first kappa shape index (κ1) is 13.2. The van der Waals surface area contributed by atoms with Crippen LogP contribution in [0.2, 0.25) is 0 Å². The quantitative estimate of drug-likeness (QED) is 0.897. The average molecular weight is 261 g/mol. The van der Waals surface area contributed by atoms with Gasteiger partial charge in [-0.15, -0.1) is 11.3 Å². The van der Waals surface area contributed by atoms with Crippen molar-refractivity contribution in [1.82, 2.24) is 4.98 Å². The van der Waals surface area contributed by atoms with Crippen molar-refractivity contribution in [2.45, 2.75) is 33.1 Å². The zero-order chi connectivity index (χ0) is 13.0. The minimum absolute atomic E-state index is 0.209. The lowest BCUT2D eigenvalue weighted by molar-refractivity contribution is 0.300. The Hall–Kier alpha value is -1.19. The number of aryl methyl sites for hydroxylation is 4. The predicted octanol–water partition coefficient (Wildman–Crippen LogP) is 3.08. The van der Waals surface area contributed by atoms with E-state index in [1.165, 1.54) is 21.0 Å². The topological polar surface area (TPSA) is 33.1 Å². The molecule has 0 aliphatic rings. The lowest BCUT2D eigenvalue weighted by atomic mass is 10.1. The van der Waals surface area contributed by atoms with Gasteiger partial charge in [-0.2, -0.15) is 0 Å². The fourth-order valence-electron chi connectivity index (χ4n) is 2.05. The third-order valence-corrected chi connectivity index (χ3v) is 4.26. The van der Waals surface area contributed by atoms with Gasteiger partial charge in [0.1, 0.15) is 0 Å². The van der Waals surface area contributed by atoms with Crippen molar-refractivity contribution >= 4 is 11.3 Å². The molecule has 0 saturated carbocycles. The van der Waals surface area contributed by atoms with Crippen LogP contribution in [0.4, 0.5) is 0 Å². The molecule has 2 aromatic rings. The number of nitrogens with zero attached hydrogens (tertiary/aromatic N) is 1. The van der Waals surface area contributed by atoms with Gasteiger partial charge in [0.05, 0.1) is 10.7 Å². The average Bonchev–Trinajstić information content (AvgIpc) is 2.69. The Kier molecular flexibility index (Phi) is 4.50. The fraction of sp³-hybridized carbons (Fsp3) is 0.400. The van der Waals surface area contributed by atoms with Crippen LogP contribution in [0, 0.1) is 13.8 Å². The van der Waals surface area contributed by atoms with Crippen molar-refractivity contribution in [1.29, 1.82) is 0 Å². The molecule has 3 heteroatoms. The molecule has 0 saturated heterocycles. The summed E-state index contributed by atoms with van der Waals surface area (Å²) in [6.45, 7) is 4.36. The molecule has 1 aromatic heterocycles.